The molecule has 2 aromatic carbocycles. The molecule has 6 heteroatoms. The van der Waals surface area contributed by atoms with E-state index >= 15 is 0 Å². The Balaban J connectivity index is 1.52. The van der Waals surface area contributed by atoms with Crippen LogP contribution in [-0.4, -0.2) is 16.5 Å². The first kappa shape index (κ1) is 20.4. The minimum Gasteiger partial charge on any atom is -0.457 e. The van der Waals surface area contributed by atoms with Crippen molar-refractivity contribution in [2.24, 2.45) is 0 Å². The number of anilines is 1. The zero-order valence-electron chi connectivity index (χ0n) is 15.8. The molecule has 0 spiro atoms. The van der Waals surface area contributed by atoms with Gasteiger partial charge in [0.2, 0.25) is 0 Å². The number of nitrogens with zero attached hydrogens (tertiary/aromatic N) is 2. The van der Waals surface area contributed by atoms with Crippen LogP contribution in [0.15, 0.2) is 54.9 Å². The van der Waals surface area contributed by atoms with Crippen LogP contribution in [0.4, 0.5) is 5.82 Å². The minimum absolute atomic E-state index is 0.627. The molecule has 0 unspecified atom stereocenters. The fourth-order valence-corrected chi connectivity index (χ4v) is 3.12. The Morgan fingerprint density at radius 2 is 1.57 bits per heavy atom. The summed E-state index contributed by atoms with van der Waals surface area (Å²) in [4.78, 5) is 8.55. The molecule has 0 fully saturated rings. The van der Waals surface area contributed by atoms with Crippen molar-refractivity contribution in [3.63, 3.8) is 0 Å². The molecule has 0 bridgehead atoms. The second-order valence-electron chi connectivity index (χ2n) is 6.46. The molecule has 1 aromatic heterocycles. The first-order chi connectivity index (χ1) is 13.7. The average molecular weight is 416 g/mol. The second-order valence-corrected chi connectivity index (χ2v) is 7.28. The van der Waals surface area contributed by atoms with Crippen LogP contribution in [0.2, 0.25) is 10.0 Å². The van der Waals surface area contributed by atoms with E-state index < -0.39 is 0 Å². The number of rotatable bonds is 9. The van der Waals surface area contributed by atoms with E-state index in [0.29, 0.717) is 15.9 Å². The normalized spacial score (nSPS) is 10.7. The van der Waals surface area contributed by atoms with Gasteiger partial charge in [-0.2, -0.15) is 0 Å². The third-order valence-electron chi connectivity index (χ3n) is 4.31. The predicted molar refractivity (Wildman–Crippen MR) is 116 cm³/mol. The number of halogens is 2. The average Bonchev–Trinajstić information content (AvgIpc) is 2.71. The molecule has 0 amide bonds. The summed E-state index contributed by atoms with van der Waals surface area (Å²) in [6.45, 7) is 2.89. The predicted octanol–water partition coefficient (Wildman–Crippen LogP) is 6.57. The van der Waals surface area contributed by atoms with Gasteiger partial charge >= 0.3 is 0 Å². The third-order valence-corrected chi connectivity index (χ3v) is 4.96. The van der Waals surface area contributed by atoms with E-state index in [1.807, 2.05) is 36.4 Å². The van der Waals surface area contributed by atoms with Gasteiger partial charge in [0.15, 0.2) is 0 Å². The van der Waals surface area contributed by atoms with Crippen LogP contribution in [0.5, 0.6) is 11.5 Å². The van der Waals surface area contributed by atoms with Crippen molar-refractivity contribution >= 4 is 29.0 Å². The van der Waals surface area contributed by atoms with E-state index in [-0.39, 0.29) is 0 Å². The van der Waals surface area contributed by atoms with E-state index in [2.05, 4.69) is 34.3 Å². The highest BCUT2D eigenvalue weighted by Crippen LogP contribution is 2.24. The molecule has 0 aliphatic rings. The van der Waals surface area contributed by atoms with Crippen molar-refractivity contribution in [2.45, 2.75) is 32.6 Å². The Labute approximate surface area is 175 Å². The number of nitrogens with one attached hydrogen (secondary N) is 1. The van der Waals surface area contributed by atoms with Crippen LogP contribution in [0.25, 0.3) is 0 Å². The highest BCUT2D eigenvalue weighted by molar-refractivity contribution is 6.33. The van der Waals surface area contributed by atoms with Crippen LogP contribution < -0.4 is 10.1 Å². The van der Waals surface area contributed by atoms with Crippen LogP contribution >= 0.6 is 23.2 Å². The number of aromatic nitrogens is 2. The molecule has 28 heavy (non-hydrogen) atoms. The smallest absolute Gasteiger partial charge is 0.148 e. The van der Waals surface area contributed by atoms with Gasteiger partial charge in [-0.05, 0) is 61.2 Å². The minimum atomic E-state index is 0.627. The number of aryl methyl sites for hydroxylation is 1. The molecule has 0 saturated heterocycles. The number of hydrogen-bond donors (Lipinski definition) is 1. The van der Waals surface area contributed by atoms with Gasteiger partial charge in [0.25, 0.3) is 0 Å². The van der Waals surface area contributed by atoms with Crippen molar-refractivity contribution in [1.82, 2.24) is 9.97 Å². The Morgan fingerprint density at radius 1 is 0.893 bits per heavy atom. The first-order valence-electron chi connectivity index (χ1n) is 9.41. The lowest BCUT2D eigenvalue weighted by atomic mass is 10.1. The fraction of sp³-hybridized carbons (Fsp3) is 0.273. The SMILES string of the molecule is CCCCc1ncnc(NCCc2ccc(Oc3ccc(Cl)cc3)cc2)c1Cl. The van der Waals surface area contributed by atoms with Crippen LogP contribution in [0.1, 0.15) is 31.0 Å². The molecule has 0 radical (unpaired) electrons. The quantitative estimate of drug-likeness (QED) is 0.428. The lowest BCUT2D eigenvalue weighted by Crippen LogP contribution is -2.08. The van der Waals surface area contributed by atoms with Crippen LogP contribution in [0.3, 0.4) is 0 Å². The molecular formula is C22H23Cl2N3O. The van der Waals surface area contributed by atoms with Crippen molar-refractivity contribution in [2.75, 3.05) is 11.9 Å². The van der Waals surface area contributed by atoms with Gasteiger partial charge in [0.05, 0.1) is 5.69 Å². The van der Waals surface area contributed by atoms with E-state index in [4.69, 9.17) is 27.9 Å². The second kappa shape index (κ2) is 10.3. The van der Waals surface area contributed by atoms with E-state index in [0.717, 1.165) is 49.4 Å². The summed E-state index contributed by atoms with van der Waals surface area (Å²) in [5, 5.41) is 4.63. The van der Waals surface area contributed by atoms with Gasteiger partial charge in [0.1, 0.15) is 28.7 Å². The van der Waals surface area contributed by atoms with E-state index in [1.54, 1.807) is 6.33 Å². The van der Waals surface area contributed by atoms with E-state index in [9.17, 15) is 0 Å². The Kier molecular flexibility index (Phi) is 7.52. The summed E-state index contributed by atoms with van der Waals surface area (Å²) in [5.41, 5.74) is 2.11. The van der Waals surface area contributed by atoms with Gasteiger partial charge in [-0.1, -0.05) is 48.7 Å². The molecule has 1 N–H and O–H groups in total. The zero-order chi connectivity index (χ0) is 19.8. The molecule has 146 valence electrons. The summed E-state index contributed by atoms with van der Waals surface area (Å²) < 4.78 is 5.81. The van der Waals surface area contributed by atoms with Crippen molar-refractivity contribution in [1.29, 1.82) is 0 Å². The van der Waals surface area contributed by atoms with E-state index in [1.165, 1.54) is 5.56 Å². The number of benzene rings is 2. The maximum Gasteiger partial charge on any atom is 0.148 e. The van der Waals surface area contributed by atoms with Gasteiger partial charge in [-0.3, -0.25) is 0 Å². The maximum atomic E-state index is 6.42. The van der Waals surface area contributed by atoms with Crippen LogP contribution in [0, 0.1) is 0 Å². The molecule has 0 aliphatic carbocycles. The molecule has 1 heterocycles. The van der Waals surface area contributed by atoms with Gasteiger partial charge in [0, 0.05) is 11.6 Å². The summed E-state index contributed by atoms with van der Waals surface area (Å²) in [7, 11) is 0. The molecule has 0 saturated carbocycles. The Morgan fingerprint density at radius 3 is 2.25 bits per heavy atom. The van der Waals surface area contributed by atoms with Crippen molar-refractivity contribution in [3.05, 3.63) is 76.2 Å². The monoisotopic (exact) mass is 415 g/mol. The largest absolute Gasteiger partial charge is 0.457 e. The molecule has 4 nitrogen and oxygen atoms in total. The molecular weight excluding hydrogens is 393 g/mol. The maximum absolute atomic E-state index is 6.42. The summed E-state index contributed by atoms with van der Waals surface area (Å²) in [6, 6.07) is 15.4. The van der Waals surface area contributed by atoms with Gasteiger partial charge in [-0.25, -0.2) is 9.97 Å². The topological polar surface area (TPSA) is 47.0 Å². The lowest BCUT2D eigenvalue weighted by Gasteiger charge is -2.10. The number of hydrogen-bond acceptors (Lipinski definition) is 4. The standard InChI is InChI=1S/C22H23Cl2N3O/c1-2-3-4-20-21(24)22(27-15-26-20)25-14-13-16-5-9-18(10-6-16)28-19-11-7-17(23)8-12-19/h5-12,15H,2-4,13-14H2,1H3,(H,25,26,27). The van der Waals surface area contributed by atoms with Gasteiger partial charge < -0.3 is 10.1 Å². The fourth-order valence-electron chi connectivity index (χ4n) is 2.74. The highest BCUT2D eigenvalue weighted by Gasteiger charge is 2.08. The third kappa shape index (κ3) is 5.85. The summed E-state index contributed by atoms with van der Waals surface area (Å²) in [5.74, 6) is 2.25. The highest BCUT2D eigenvalue weighted by atomic mass is 35.5. The Bertz CT molecular complexity index is 883. The van der Waals surface area contributed by atoms with Crippen molar-refractivity contribution < 1.29 is 4.74 Å². The number of ether oxygens (including phenoxy) is 1. The number of unbranched alkanes of at least 4 members (excludes halogenated alkanes) is 1. The summed E-state index contributed by atoms with van der Waals surface area (Å²) >= 11 is 12.3. The van der Waals surface area contributed by atoms with Gasteiger partial charge in [-0.15, -0.1) is 0 Å². The Hall–Kier alpha value is -2.30. The molecule has 3 rings (SSSR count). The molecule has 3 aromatic rings. The zero-order valence-corrected chi connectivity index (χ0v) is 17.3. The lowest BCUT2D eigenvalue weighted by molar-refractivity contribution is 0.482. The van der Waals surface area contributed by atoms with Crippen molar-refractivity contribution in [3.8, 4) is 11.5 Å². The molecule has 0 aliphatic heterocycles. The van der Waals surface area contributed by atoms with Crippen LogP contribution in [-0.2, 0) is 12.8 Å². The first-order valence-corrected chi connectivity index (χ1v) is 10.2. The summed E-state index contributed by atoms with van der Waals surface area (Å²) in [6.07, 6.45) is 5.48. The molecule has 0 atom stereocenters.